The molecule has 6 heteroatoms. The van der Waals surface area contributed by atoms with E-state index in [1.54, 1.807) is 36.4 Å². The number of hydrogen-bond donors (Lipinski definition) is 1. The lowest BCUT2D eigenvalue weighted by molar-refractivity contribution is -0.120. The zero-order valence-electron chi connectivity index (χ0n) is 13.8. The van der Waals surface area contributed by atoms with E-state index in [1.807, 2.05) is 35.7 Å². The SMILES string of the molecule is O=C(Cc1ccccc1)N/N=C/c1ccc(OC(=O)c2cccs2)cc1. The molecule has 5 nitrogen and oxygen atoms in total. The van der Waals surface area contributed by atoms with Gasteiger partial charge in [-0.2, -0.15) is 5.10 Å². The molecule has 1 heterocycles. The number of carbonyl (C=O) groups is 2. The van der Waals surface area contributed by atoms with Crippen molar-refractivity contribution in [2.24, 2.45) is 5.10 Å². The van der Waals surface area contributed by atoms with E-state index >= 15 is 0 Å². The van der Waals surface area contributed by atoms with Crippen LogP contribution in [0.3, 0.4) is 0 Å². The first-order chi connectivity index (χ1) is 12.7. The second-order valence-corrected chi connectivity index (χ2v) is 6.34. The minimum atomic E-state index is -0.380. The van der Waals surface area contributed by atoms with Gasteiger partial charge in [-0.1, -0.05) is 36.4 Å². The fourth-order valence-corrected chi connectivity index (χ4v) is 2.77. The molecule has 1 aromatic heterocycles. The quantitative estimate of drug-likeness (QED) is 0.314. The number of nitrogens with zero attached hydrogens (tertiary/aromatic N) is 1. The van der Waals surface area contributed by atoms with Crippen molar-refractivity contribution in [1.82, 2.24) is 5.43 Å². The van der Waals surface area contributed by atoms with Gasteiger partial charge in [0, 0.05) is 0 Å². The van der Waals surface area contributed by atoms with Gasteiger partial charge in [-0.25, -0.2) is 10.2 Å². The zero-order chi connectivity index (χ0) is 18.2. The van der Waals surface area contributed by atoms with E-state index in [4.69, 9.17) is 4.74 Å². The third-order valence-electron chi connectivity index (χ3n) is 3.42. The third-order valence-corrected chi connectivity index (χ3v) is 4.27. The van der Waals surface area contributed by atoms with E-state index in [2.05, 4.69) is 10.5 Å². The van der Waals surface area contributed by atoms with Gasteiger partial charge in [0.1, 0.15) is 10.6 Å². The zero-order valence-corrected chi connectivity index (χ0v) is 14.6. The van der Waals surface area contributed by atoms with Crippen LogP contribution in [-0.2, 0) is 11.2 Å². The smallest absolute Gasteiger partial charge is 0.353 e. The van der Waals surface area contributed by atoms with Crippen molar-refractivity contribution < 1.29 is 14.3 Å². The Kier molecular flexibility index (Phi) is 5.90. The highest BCUT2D eigenvalue weighted by Gasteiger charge is 2.09. The predicted octanol–water partition coefficient (Wildman–Crippen LogP) is 3.66. The number of hydrogen-bond acceptors (Lipinski definition) is 5. The molecule has 0 aliphatic rings. The van der Waals surface area contributed by atoms with Gasteiger partial charge in [-0.15, -0.1) is 11.3 Å². The summed E-state index contributed by atoms with van der Waals surface area (Å²) in [6, 6.07) is 19.8. The Morgan fingerprint density at radius 3 is 2.46 bits per heavy atom. The largest absolute Gasteiger partial charge is 0.422 e. The summed E-state index contributed by atoms with van der Waals surface area (Å²) in [6.07, 6.45) is 1.81. The second-order valence-electron chi connectivity index (χ2n) is 5.39. The molecular formula is C20H16N2O3S. The Bertz CT molecular complexity index is 889. The van der Waals surface area contributed by atoms with Crippen molar-refractivity contribution >= 4 is 29.4 Å². The first-order valence-electron chi connectivity index (χ1n) is 7.92. The summed E-state index contributed by atoms with van der Waals surface area (Å²) in [6.45, 7) is 0. The lowest BCUT2D eigenvalue weighted by Crippen LogP contribution is -2.19. The van der Waals surface area contributed by atoms with Crippen molar-refractivity contribution in [2.75, 3.05) is 0 Å². The minimum absolute atomic E-state index is 0.186. The molecule has 0 unspecified atom stereocenters. The van der Waals surface area contributed by atoms with E-state index in [0.29, 0.717) is 10.6 Å². The van der Waals surface area contributed by atoms with Gasteiger partial charge in [0.05, 0.1) is 12.6 Å². The fourth-order valence-electron chi connectivity index (χ4n) is 2.17. The number of amides is 1. The average molecular weight is 364 g/mol. The molecule has 0 radical (unpaired) electrons. The molecule has 0 aliphatic carbocycles. The Morgan fingerprint density at radius 2 is 1.77 bits per heavy atom. The summed E-state index contributed by atoms with van der Waals surface area (Å²) >= 11 is 1.33. The molecule has 0 saturated heterocycles. The fraction of sp³-hybridized carbons (Fsp3) is 0.0500. The first-order valence-corrected chi connectivity index (χ1v) is 8.80. The molecule has 0 fully saturated rings. The number of rotatable bonds is 6. The second kappa shape index (κ2) is 8.73. The maximum Gasteiger partial charge on any atom is 0.353 e. The highest BCUT2D eigenvalue weighted by atomic mass is 32.1. The van der Waals surface area contributed by atoms with Gasteiger partial charge in [0.15, 0.2) is 0 Å². The van der Waals surface area contributed by atoms with E-state index in [0.717, 1.165) is 11.1 Å². The molecule has 130 valence electrons. The molecular weight excluding hydrogens is 348 g/mol. The van der Waals surface area contributed by atoms with Crippen molar-refractivity contribution in [3.63, 3.8) is 0 Å². The highest BCUT2D eigenvalue weighted by Crippen LogP contribution is 2.16. The van der Waals surface area contributed by atoms with Gasteiger partial charge in [0.2, 0.25) is 5.91 Å². The van der Waals surface area contributed by atoms with E-state index < -0.39 is 0 Å². The van der Waals surface area contributed by atoms with Crippen LogP contribution in [0.4, 0.5) is 0 Å². The standard InChI is InChI=1S/C20H16N2O3S/c23-19(13-15-5-2-1-3-6-15)22-21-14-16-8-10-17(11-9-16)25-20(24)18-7-4-12-26-18/h1-12,14H,13H2,(H,22,23)/b21-14+. The number of nitrogens with one attached hydrogen (secondary N) is 1. The lowest BCUT2D eigenvalue weighted by atomic mass is 10.1. The van der Waals surface area contributed by atoms with Crippen LogP contribution in [0.2, 0.25) is 0 Å². The van der Waals surface area contributed by atoms with Crippen molar-refractivity contribution in [3.05, 3.63) is 88.1 Å². The molecule has 0 atom stereocenters. The Hall–Kier alpha value is -3.25. The normalized spacial score (nSPS) is 10.6. The molecule has 0 saturated carbocycles. The Labute approximate surface area is 154 Å². The summed E-state index contributed by atoms with van der Waals surface area (Å²) in [4.78, 5) is 24.2. The molecule has 3 aromatic rings. The van der Waals surface area contributed by atoms with Crippen LogP contribution in [0.5, 0.6) is 5.75 Å². The maximum absolute atomic E-state index is 11.9. The van der Waals surface area contributed by atoms with Crippen LogP contribution in [0.25, 0.3) is 0 Å². The third kappa shape index (κ3) is 5.12. The Morgan fingerprint density at radius 1 is 1.00 bits per heavy atom. The number of carbonyl (C=O) groups excluding carboxylic acids is 2. The maximum atomic E-state index is 11.9. The van der Waals surface area contributed by atoms with Crippen LogP contribution in [0, 0.1) is 0 Å². The number of ether oxygens (including phenoxy) is 1. The van der Waals surface area contributed by atoms with Gasteiger partial charge >= 0.3 is 5.97 Å². The molecule has 0 aliphatic heterocycles. The molecule has 0 spiro atoms. The molecule has 3 rings (SSSR count). The summed E-state index contributed by atoms with van der Waals surface area (Å²) in [5, 5.41) is 5.76. The van der Waals surface area contributed by atoms with E-state index in [1.165, 1.54) is 17.6 Å². The Balaban J connectivity index is 1.50. The van der Waals surface area contributed by atoms with Crippen molar-refractivity contribution in [1.29, 1.82) is 0 Å². The number of hydrazone groups is 1. The van der Waals surface area contributed by atoms with E-state index in [9.17, 15) is 9.59 Å². The minimum Gasteiger partial charge on any atom is -0.422 e. The molecule has 26 heavy (non-hydrogen) atoms. The molecule has 0 bridgehead atoms. The average Bonchev–Trinajstić information content (AvgIpc) is 3.19. The van der Waals surface area contributed by atoms with Crippen molar-refractivity contribution in [3.8, 4) is 5.75 Å². The number of esters is 1. The van der Waals surface area contributed by atoms with Gasteiger partial charge in [-0.3, -0.25) is 4.79 Å². The van der Waals surface area contributed by atoms with E-state index in [-0.39, 0.29) is 18.3 Å². The van der Waals surface area contributed by atoms with Crippen LogP contribution < -0.4 is 10.2 Å². The highest BCUT2D eigenvalue weighted by molar-refractivity contribution is 7.12. The molecule has 1 N–H and O–H groups in total. The number of benzene rings is 2. The summed E-state index contributed by atoms with van der Waals surface area (Å²) in [5.41, 5.74) is 4.20. The van der Waals surface area contributed by atoms with Gasteiger partial charge in [-0.05, 0) is 46.8 Å². The number of thiophene rings is 1. The van der Waals surface area contributed by atoms with Gasteiger partial charge < -0.3 is 4.74 Å². The topological polar surface area (TPSA) is 67.8 Å². The lowest BCUT2D eigenvalue weighted by Gasteiger charge is -2.03. The van der Waals surface area contributed by atoms with Crippen LogP contribution in [-0.4, -0.2) is 18.1 Å². The predicted molar refractivity (Wildman–Crippen MR) is 102 cm³/mol. The van der Waals surface area contributed by atoms with Crippen LogP contribution in [0.1, 0.15) is 20.8 Å². The summed E-state index contributed by atoms with van der Waals surface area (Å²) in [7, 11) is 0. The van der Waals surface area contributed by atoms with Gasteiger partial charge in [0.25, 0.3) is 0 Å². The van der Waals surface area contributed by atoms with Crippen molar-refractivity contribution in [2.45, 2.75) is 6.42 Å². The van der Waals surface area contributed by atoms with Crippen LogP contribution >= 0.6 is 11.3 Å². The molecule has 2 aromatic carbocycles. The van der Waals surface area contributed by atoms with Crippen LogP contribution in [0.15, 0.2) is 77.2 Å². The first kappa shape index (κ1) is 17.6. The monoisotopic (exact) mass is 364 g/mol. The molecule has 1 amide bonds. The summed E-state index contributed by atoms with van der Waals surface area (Å²) in [5.74, 6) is -0.114. The summed E-state index contributed by atoms with van der Waals surface area (Å²) < 4.78 is 5.28.